The fourth-order valence-electron chi connectivity index (χ4n) is 5.17. The molecule has 2 atom stereocenters. The minimum atomic E-state index is -0.433. The van der Waals surface area contributed by atoms with Crippen molar-refractivity contribution in [1.82, 2.24) is 15.5 Å². The van der Waals surface area contributed by atoms with Gasteiger partial charge in [0.2, 0.25) is 5.91 Å². The molecule has 0 radical (unpaired) electrons. The lowest BCUT2D eigenvalue weighted by molar-refractivity contribution is -0.117. The fraction of sp³-hybridized carbons (Fsp3) is 0.500. The Labute approximate surface area is 208 Å². The maximum Gasteiger partial charge on any atom is 0.407 e. The molecule has 2 aromatic carbocycles. The second-order valence-corrected chi connectivity index (χ2v) is 9.97. The number of alkyl carbamates (subject to hydrolysis) is 1. The first kappa shape index (κ1) is 25.2. The van der Waals surface area contributed by atoms with Crippen LogP contribution in [0.3, 0.4) is 0 Å². The molecule has 35 heavy (non-hydrogen) atoms. The van der Waals surface area contributed by atoms with Gasteiger partial charge in [0.05, 0.1) is 12.1 Å². The summed E-state index contributed by atoms with van der Waals surface area (Å²) in [6, 6.07) is 14.6. The second kappa shape index (κ2) is 11.2. The third kappa shape index (κ3) is 6.21. The molecule has 0 unspecified atom stereocenters. The molecule has 0 saturated carbocycles. The lowest BCUT2D eigenvalue weighted by Crippen LogP contribution is -2.45. The van der Waals surface area contributed by atoms with Gasteiger partial charge in [0.15, 0.2) is 0 Å². The van der Waals surface area contributed by atoms with Gasteiger partial charge in [-0.3, -0.25) is 9.69 Å². The highest BCUT2D eigenvalue weighted by Crippen LogP contribution is 2.39. The molecule has 7 heteroatoms. The van der Waals surface area contributed by atoms with Crippen LogP contribution in [-0.4, -0.2) is 55.2 Å². The molecule has 0 spiro atoms. The minimum Gasteiger partial charge on any atom is -0.447 e. The summed E-state index contributed by atoms with van der Waals surface area (Å²) in [6.45, 7) is 12.6. The number of hydrogen-bond acceptors (Lipinski definition) is 5. The van der Waals surface area contributed by atoms with Crippen molar-refractivity contribution in [1.29, 1.82) is 0 Å². The lowest BCUT2D eigenvalue weighted by atomic mass is 9.89. The van der Waals surface area contributed by atoms with Gasteiger partial charge in [0, 0.05) is 38.3 Å². The van der Waals surface area contributed by atoms with E-state index in [0.29, 0.717) is 6.42 Å². The molecule has 2 aliphatic heterocycles. The normalized spacial score (nSPS) is 20.8. The van der Waals surface area contributed by atoms with Crippen molar-refractivity contribution in [2.75, 3.05) is 31.1 Å². The molecular formula is C28H38N4O3. The van der Waals surface area contributed by atoms with E-state index < -0.39 is 6.09 Å². The van der Waals surface area contributed by atoms with Crippen LogP contribution >= 0.6 is 0 Å². The molecule has 1 saturated heterocycles. The maximum absolute atomic E-state index is 12.4. The summed E-state index contributed by atoms with van der Waals surface area (Å²) < 4.78 is 5.34. The third-order valence-corrected chi connectivity index (χ3v) is 6.78. The molecule has 2 aromatic rings. The highest BCUT2D eigenvalue weighted by molar-refractivity contribution is 5.94. The van der Waals surface area contributed by atoms with Crippen molar-refractivity contribution >= 4 is 17.7 Å². The molecule has 188 valence electrons. The molecule has 1 fully saturated rings. The van der Waals surface area contributed by atoms with Gasteiger partial charge >= 0.3 is 6.09 Å². The number of ether oxygens (including phenoxy) is 1. The number of amides is 2. The van der Waals surface area contributed by atoms with E-state index in [1.54, 1.807) is 6.92 Å². The van der Waals surface area contributed by atoms with Gasteiger partial charge in [0.1, 0.15) is 0 Å². The van der Waals surface area contributed by atoms with Gasteiger partial charge in [0.25, 0.3) is 0 Å². The fourth-order valence-corrected chi connectivity index (χ4v) is 5.17. The average molecular weight is 479 g/mol. The Kier molecular flexibility index (Phi) is 8.08. The molecule has 0 bridgehead atoms. The van der Waals surface area contributed by atoms with Gasteiger partial charge in [-0.1, -0.05) is 30.3 Å². The molecule has 2 heterocycles. The summed E-state index contributed by atoms with van der Waals surface area (Å²) in [6.07, 6.45) is 1.19. The second-order valence-electron chi connectivity index (χ2n) is 9.97. The van der Waals surface area contributed by atoms with Crippen LogP contribution < -0.4 is 15.5 Å². The number of fused-ring (bicyclic) bond motifs is 1. The zero-order valence-corrected chi connectivity index (χ0v) is 21.3. The maximum atomic E-state index is 12.4. The van der Waals surface area contributed by atoms with E-state index in [9.17, 15) is 9.59 Å². The Bertz CT molecular complexity index is 1030. The zero-order valence-electron chi connectivity index (χ0n) is 21.3. The van der Waals surface area contributed by atoms with Crippen LogP contribution in [0.1, 0.15) is 57.7 Å². The van der Waals surface area contributed by atoms with Crippen molar-refractivity contribution in [3.8, 4) is 11.1 Å². The van der Waals surface area contributed by atoms with E-state index in [1.165, 1.54) is 12.0 Å². The topological polar surface area (TPSA) is 73.9 Å². The molecular weight excluding hydrogens is 440 g/mol. The number of benzene rings is 2. The summed E-state index contributed by atoms with van der Waals surface area (Å²) in [7, 11) is 0. The van der Waals surface area contributed by atoms with E-state index in [0.717, 1.165) is 55.1 Å². The van der Waals surface area contributed by atoms with Crippen LogP contribution in [-0.2, 0) is 16.1 Å². The largest absolute Gasteiger partial charge is 0.447 e. The predicted molar refractivity (Wildman–Crippen MR) is 139 cm³/mol. The van der Waals surface area contributed by atoms with Gasteiger partial charge < -0.3 is 20.3 Å². The molecule has 0 aromatic heterocycles. The summed E-state index contributed by atoms with van der Waals surface area (Å²) >= 11 is 0. The highest BCUT2D eigenvalue weighted by Gasteiger charge is 2.33. The molecule has 2 amide bonds. The van der Waals surface area contributed by atoms with Crippen molar-refractivity contribution < 1.29 is 14.3 Å². The van der Waals surface area contributed by atoms with E-state index in [4.69, 9.17) is 4.74 Å². The number of rotatable bonds is 5. The number of anilines is 1. The smallest absolute Gasteiger partial charge is 0.407 e. The monoisotopic (exact) mass is 478 g/mol. The van der Waals surface area contributed by atoms with Crippen LogP contribution in [0.5, 0.6) is 0 Å². The number of nitrogens with one attached hydrogen (secondary N) is 2. The van der Waals surface area contributed by atoms with E-state index >= 15 is 0 Å². The molecule has 2 aliphatic rings. The van der Waals surface area contributed by atoms with Crippen LogP contribution in [0.4, 0.5) is 10.5 Å². The van der Waals surface area contributed by atoms with Crippen molar-refractivity contribution in [3.05, 3.63) is 53.6 Å². The molecule has 4 rings (SSSR count). The van der Waals surface area contributed by atoms with Gasteiger partial charge in [-0.25, -0.2) is 4.79 Å². The third-order valence-electron chi connectivity index (χ3n) is 6.78. The predicted octanol–water partition coefficient (Wildman–Crippen LogP) is 4.47. The van der Waals surface area contributed by atoms with Gasteiger partial charge in [-0.15, -0.1) is 0 Å². The number of hydrogen-bond donors (Lipinski definition) is 2. The standard InChI is InChI=1S/C28H38N4O3/c1-19(2)35-28(34)30-26-16-20(3)32(21(4)33)27-11-10-24(17-25(26)27)23-8-6-22(7-9-23)18-31-14-5-12-29-13-15-31/h6-11,17,19-20,26,29H,5,12-16,18H2,1-4H3,(H,30,34)/t20-,26+/m0/s1. The SMILES string of the molecule is CC(=O)N1c2ccc(-c3ccc(CN4CCCNCC4)cc3)cc2[C@H](NC(=O)OC(C)C)C[C@@H]1C. The number of carbonyl (C=O) groups excluding carboxylic acids is 2. The first-order valence-electron chi connectivity index (χ1n) is 12.7. The lowest BCUT2D eigenvalue weighted by Gasteiger charge is -2.39. The summed E-state index contributed by atoms with van der Waals surface area (Å²) in [5.41, 5.74) is 5.28. The number of nitrogens with zero attached hydrogens (tertiary/aromatic N) is 2. The van der Waals surface area contributed by atoms with E-state index in [2.05, 4.69) is 51.9 Å². The molecule has 0 aliphatic carbocycles. The summed E-state index contributed by atoms with van der Waals surface area (Å²) in [4.78, 5) is 29.2. The van der Waals surface area contributed by atoms with Crippen molar-refractivity contribution in [2.45, 2.75) is 65.3 Å². The summed E-state index contributed by atoms with van der Waals surface area (Å²) in [5.74, 6) is 0.00257. The Balaban J connectivity index is 1.58. The number of carbonyl (C=O) groups is 2. The average Bonchev–Trinajstić information content (AvgIpc) is 3.07. The highest BCUT2D eigenvalue weighted by atomic mass is 16.6. The van der Waals surface area contributed by atoms with E-state index in [1.807, 2.05) is 31.7 Å². The Morgan fingerprint density at radius 1 is 1.09 bits per heavy atom. The first-order valence-corrected chi connectivity index (χ1v) is 12.7. The van der Waals surface area contributed by atoms with Crippen LogP contribution in [0.2, 0.25) is 0 Å². The van der Waals surface area contributed by atoms with E-state index in [-0.39, 0.29) is 24.1 Å². The quantitative estimate of drug-likeness (QED) is 0.663. The minimum absolute atomic E-state index is 0.00257. The zero-order chi connectivity index (χ0) is 24.9. The Morgan fingerprint density at radius 3 is 2.54 bits per heavy atom. The van der Waals surface area contributed by atoms with Crippen LogP contribution in [0.15, 0.2) is 42.5 Å². The van der Waals surface area contributed by atoms with Crippen molar-refractivity contribution in [2.24, 2.45) is 0 Å². The first-order chi connectivity index (χ1) is 16.8. The molecule has 2 N–H and O–H groups in total. The van der Waals surface area contributed by atoms with Crippen molar-refractivity contribution in [3.63, 3.8) is 0 Å². The van der Waals surface area contributed by atoms with Crippen LogP contribution in [0.25, 0.3) is 11.1 Å². The summed E-state index contributed by atoms with van der Waals surface area (Å²) in [5, 5.41) is 6.48. The van der Waals surface area contributed by atoms with Gasteiger partial charge in [-0.2, -0.15) is 0 Å². The van der Waals surface area contributed by atoms with Gasteiger partial charge in [-0.05, 0) is 81.1 Å². The Morgan fingerprint density at radius 2 is 1.83 bits per heavy atom. The van der Waals surface area contributed by atoms with Crippen LogP contribution in [0, 0.1) is 0 Å². The Hall–Kier alpha value is -2.90. The molecule has 7 nitrogen and oxygen atoms in total.